The van der Waals surface area contributed by atoms with Gasteiger partial charge in [-0.1, -0.05) is 24.3 Å². The van der Waals surface area contributed by atoms with E-state index in [1.165, 1.54) is 11.3 Å². The zero-order valence-electron chi connectivity index (χ0n) is 17.9. The summed E-state index contributed by atoms with van der Waals surface area (Å²) in [6.45, 7) is 2.02. The smallest absolute Gasteiger partial charge is 0.335 e. The number of aromatic carboxylic acids is 1. The van der Waals surface area contributed by atoms with Crippen LogP contribution in [-0.2, 0) is 17.6 Å². The van der Waals surface area contributed by atoms with Crippen molar-refractivity contribution in [1.82, 2.24) is 4.98 Å². The summed E-state index contributed by atoms with van der Waals surface area (Å²) in [4.78, 5) is 28.2. The van der Waals surface area contributed by atoms with Gasteiger partial charge < -0.3 is 9.84 Å². The standard InChI is InChI=1S/C26H23NO4S/c1-16-12-18(8-11-23(16)31-2)19-7-10-22-24(14-19)32-25(27-22)15-21(28)9-6-17-4-3-5-20(13-17)26(29)30/h3-5,7-8,10-14H,6,9,15H2,1-2H3,(H,29,30). The molecule has 0 aliphatic heterocycles. The maximum Gasteiger partial charge on any atom is 0.335 e. The molecule has 1 aromatic heterocycles. The van der Waals surface area contributed by atoms with Crippen LogP contribution < -0.4 is 4.74 Å². The van der Waals surface area contributed by atoms with Gasteiger partial charge in [0, 0.05) is 6.42 Å². The minimum Gasteiger partial charge on any atom is -0.496 e. The summed E-state index contributed by atoms with van der Waals surface area (Å²) in [6, 6.07) is 19.0. The number of Topliss-reactive ketones (excluding diaryl/α,β-unsaturated/α-hetero) is 1. The number of ketones is 1. The van der Waals surface area contributed by atoms with Crippen molar-refractivity contribution < 1.29 is 19.4 Å². The molecule has 3 aromatic carbocycles. The molecule has 0 spiro atoms. The van der Waals surface area contributed by atoms with E-state index in [1.807, 2.05) is 37.3 Å². The number of hydrogen-bond donors (Lipinski definition) is 1. The van der Waals surface area contributed by atoms with Crippen molar-refractivity contribution in [1.29, 1.82) is 0 Å². The topological polar surface area (TPSA) is 76.5 Å². The van der Waals surface area contributed by atoms with Gasteiger partial charge in [-0.15, -0.1) is 11.3 Å². The van der Waals surface area contributed by atoms with E-state index < -0.39 is 5.97 Å². The van der Waals surface area contributed by atoms with Crippen molar-refractivity contribution in [3.8, 4) is 16.9 Å². The summed E-state index contributed by atoms with van der Waals surface area (Å²) in [5.41, 5.74) is 5.27. The number of carboxylic acid groups (broad SMARTS) is 1. The van der Waals surface area contributed by atoms with Gasteiger partial charge in [0.2, 0.25) is 0 Å². The zero-order valence-corrected chi connectivity index (χ0v) is 18.7. The molecule has 1 N–H and O–H groups in total. The second kappa shape index (κ2) is 9.32. The molecule has 0 radical (unpaired) electrons. The van der Waals surface area contributed by atoms with E-state index in [2.05, 4.69) is 17.1 Å². The van der Waals surface area contributed by atoms with E-state index in [9.17, 15) is 9.59 Å². The van der Waals surface area contributed by atoms with Crippen molar-refractivity contribution in [2.75, 3.05) is 7.11 Å². The van der Waals surface area contributed by atoms with Gasteiger partial charge in [-0.05, 0) is 72.0 Å². The third kappa shape index (κ3) is 4.86. The molecule has 0 aliphatic rings. The van der Waals surface area contributed by atoms with Crippen molar-refractivity contribution in [2.24, 2.45) is 0 Å². The lowest BCUT2D eigenvalue weighted by molar-refractivity contribution is -0.118. The summed E-state index contributed by atoms with van der Waals surface area (Å²) < 4.78 is 6.39. The highest BCUT2D eigenvalue weighted by Gasteiger charge is 2.12. The van der Waals surface area contributed by atoms with Crippen LogP contribution in [0.4, 0.5) is 0 Å². The quantitative estimate of drug-likeness (QED) is 0.375. The molecule has 0 aliphatic carbocycles. The van der Waals surface area contributed by atoms with E-state index in [4.69, 9.17) is 9.84 Å². The first-order chi connectivity index (χ1) is 15.4. The Morgan fingerprint density at radius 3 is 2.56 bits per heavy atom. The minimum atomic E-state index is -0.961. The van der Waals surface area contributed by atoms with Gasteiger partial charge in [-0.3, -0.25) is 4.79 Å². The maximum absolute atomic E-state index is 12.5. The van der Waals surface area contributed by atoms with Crippen molar-refractivity contribution >= 4 is 33.3 Å². The molecule has 0 fully saturated rings. The Balaban J connectivity index is 1.45. The molecular formula is C26H23NO4S. The fraction of sp³-hybridized carbons (Fsp3) is 0.192. The summed E-state index contributed by atoms with van der Waals surface area (Å²) in [6.07, 6.45) is 1.16. The highest BCUT2D eigenvalue weighted by atomic mass is 32.1. The Morgan fingerprint density at radius 1 is 1.03 bits per heavy atom. The fourth-order valence-electron chi connectivity index (χ4n) is 3.69. The number of carbonyl (C=O) groups excluding carboxylic acids is 1. The number of rotatable bonds is 8. The van der Waals surface area contributed by atoms with Crippen molar-refractivity contribution in [3.05, 3.63) is 82.4 Å². The van der Waals surface area contributed by atoms with Crippen LogP contribution in [0.5, 0.6) is 5.75 Å². The number of benzene rings is 3. The van der Waals surface area contributed by atoms with Crippen LogP contribution in [0.15, 0.2) is 60.7 Å². The van der Waals surface area contributed by atoms with Crippen LogP contribution in [0, 0.1) is 6.92 Å². The molecular weight excluding hydrogens is 422 g/mol. The van der Waals surface area contributed by atoms with Crippen molar-refractivity contribution in [2.45, 2.75) is 26.2 Å². The van der Waals surface area contributed by atoms with E-state index >= 15 is 0 Å². The van der Waals surface area contributed by atoms with Crippen molar-refractivity contribution in [3.63, 3.8) is 0 Å². The van der Waals surface area contributed by atoms with Crippen LogP contribution in [-0.4, -0.2) is 29.0 Å². The molecule has 0 atom stereocenters. The van der Waals surface area contributed by atoms with Crippen LogP contribution in [0.1, 0.15) is 32.9 Å². The van der Waals surface area contributed by atoms with Gasteiger partial charge in [0.1, 0.15) is 16.5 Å². The van der Waals surface area contributed by atoms with Gasteiger partial charge in [-0.2, -0.15) is 0 Å². The lowest BCUT2D eigenvalue weighted by Gasteiger charge is -2.07. The zero-order chi connectivity index (χ0) is 22.7. The first kappa shape index (κ1) is 21.7. The van der Waals surface area contributed by atoms with Gasteiger partial charge in [-0.25, -0.2) is 9.78 Å². The largest absolute Gasteiger partial charge is 0.496 e. The first-order valence-electron chi connectivity index (χ1n) is 10.3. The number of fused-ring (bicyclic) bond motifs is 1. The number of hydrogen-bond acceptors (Lipinski definition) is 5. The van der Waals surface area contributed by atoms with Crippen LogP contribution in [0.3, 0.4) is 0 Å². The third-order valence-electron chi connectivity index (χ3n) is 5.38. The van der Waals surface area contributed by atoms with E-state index in [0.29, 0.717) is 12.8 Å². The molecule has 0 saturated heterocycles. The summed E-state index contributed by atoms with van der Waals surface area (Å²) >= 11 is 1.54. The van der Waals surface area contributed by atoms with Gasteiger partial charge in [0.05, 0.1) is 29.3 Å². The number of thiazole rings is 1. The summed E-state index contributed by atoms with van der Waals surface area (Å²) in [5.74, 6) is -0.00397. The minimum absolute atomic E-state index is 0.0933. The molecule has 0 unspecified atom stereocenters. The molecule has 6 heteroatoms. The number of methoxy groups -OCH3 is 1. The Labute approximate surface area is 190 Å². The molecule has 4 aromatic rings. The van der Waals surface area contributed by atoms with E-state index in [0.717, 1.165) is 43.2 Å². The SMILES string of the molecule is COc1ccc(-c2ccc3nc(CC(=O)CCc4cccc(C(=O)O)c4)sc3c2)cc1C. The predicted octanol–water partition coefficient (Wildman–Crippen LogP) is 5.72. The normalized spacial score (nSPS) is 10.9. The number of carboxylic acids is 1. The lowest BCUT2D eigenvalue weighted by atomic mass is 10.0. The Morgan fingerprint density at radius 2 is 1.81 bits per heavy atom. The molecule has 0 bridgehead atoms. The molecule has 1 heterocycles. The summed E-state index contributed by atoms with van der Waals surface area (Å²) in [5, 5.41) is 9.90. The fourth-order valence-corrected chi connectivity index (χ4v) is 4.72. The van der Waals surface area contributed by atoms with Gasteiger partial charge >= 0.3 is 5.97 Å². The molecule has 5 nitrogen and oxygen atoms in total. The number of aryl methyl sites for hydroxylation is 2. The molecule has 32 heavy (non-hydrogen) atoms. The van der Waals surface area contributed by atoms with Gasteiger partial charge in [0.15, 0.2) is 0 Å². The Kier molecular flexibility index (Phi) is 6.32. The first-order valence-corrected chi connectivity index (χ1v) is 11.1. The number of nitrogens with zero attached hydrogens (tertiary/aromatic N) is 1. The molecule has 0 saturated carbocycles. The second-order valence-corrected chi connectivity index (χ2v) is 8.81. The number of aromatic nitrogens is 1. The Hall–Kier alpha value is -3.51. The number of ether oxygens (including phenoxy) is 1. The molecule has 0 amide bonds. The Bertz CT molecular complexity index is 1310. The predicted molar refractivity (Wildman–Crippen MR) is 127 cm³/mol. The van der Waals surface area contributed by atoms with Gasteiger partial charge in [0.25, 0.3) is 0 Å². The number of carbonyl (C=O) groups is 2. The van der Waals surface area contributed by atoms with Crippen LogP contribution in [0.2, 0.25) is 0 Å². The highest BCUT2D eigenvalue weighted by molar-refractivity contribution is 7.18. The highest BCUT2D eigenvalue weighted by Crippen LogP contribution is 2.31. The third-order valence-corrected chi connectivity index (χ3v) is 6.39. The average molecular weight is 446 g/mol. The summed E-state index contributed by atoms with van der Waals surface area (Å²) in [7, 11) is 1.67. The monoisotopic (exact) mass is 445 g/mol. The molecule has 162 valence electrons. The maximum atomic E-state index is 12.5. The second-order valence-electron chi connectivity index (χ2n) is 7.70. The average Bonchev–Trinajstić information content (AvgIpc) is 3.19. The van der Waals surface area contributed by atoms with Crippen LogP contribution >= 0.6 is 11.3 Å². The lowest BCUT2D eigenvalue weighted by Crippen LogP contribution is -2.05. The van der Waals surface area contributed by atoms with E-state index in [-0.39, 0.29) is 17.8 Å². The van der Waals surface area contributed by atoms with E-state index in [1.54, 1.807) is 25.3 Å². The van der Waals surface area contributed by atoms with Crippen LogP contribution in [0.25, 0.3) is 21.3 Å². The molecule has 4 rings (SSSR count).